The molecule has 5 heteroatoms. The molecule has 1 atom stereocenters. The summed E-state index contributed by atoms with van der Waals surface area (Å²) in [5, 5.41) is 0. The number of thiol groups is 1. The van der Waals surface area contributed by atoms with Gasteiger partial charge in [-0.1, -0.05) is 0 Å². The van der Waals surface area contributed by atoms with E-state index in [2.05, 4.69) is 16.8 Å². The highest BCUT2D eigenvalue weighted by atomic mass is 32.3. The van der Waals surface area contributed by atoms with Crippen LogP contribution in [-0.4, -0.2) is 19.6 Å². The van der Waals surface area contributed by atoms with E-state index in [9.17, 15) is 8.42 Å². The van der Waals surface area contributed by atoms with Crippen LogP contribution in [0.4, 0.5) is 0 Å². The molecule has 0 aliphatic carbocycles. The maximum atomic E-state index is 10.6. The van der Waals surface area contributed by atoms with Crippen molar-refractivity contribution in [3.8, 4) is 0 Å². The average molecular weight is 170 g/mol. The van der Waals surface area contributed by atoms with Gasteiger partial charge in [0.15, 0.2) is 0 Å². The standard InChI is InChI=1S/C4H10O3S2/c1-3-7-9(5,6)4(2)8/h4,8H,3H2,1-2H3. The third-order valence-electron chi connectivity index (χ3n) is 0.700. The van der Waals surface area contributed by atoms with E-state index < -0.39 is 14.7 Å². The first-order valence-corrected chi connectivity index (χ1v) is 4.55. The van der Waals surface area contributed by atoms with Gasteiger partial charge in [0, 0.05) is 0 Å². The highest BCUT2D eigenvalue weighted by Crippen LogP contribution is 2.05. The Balaban J connectivity index is 4.05. The number of hydrogen-bond acceptors (Lipinski definition) is 4. The van der Waals surface area contributed by atoms with Crippen LogP contribution in [0, 0.1) is 0 Å². The van der Waals surface area contributed by atoms with Crippen molar-refractivity contribution in [1.82, 2.24) is 0 Å². The number of hydrogen-bond donors (Lipinski definition) is 1. The van der Waals surface area contributed by atoms with Gasteiger partial charge in [0.1, 0.15) is 4.58 Å². The summed E-state index contributed by atoms with van der Waals surface area (Å²) >= 11 is 3.70. The van der Waals surface area contributed by atoms with Gasteiger partial charge < -0.3 is 0 Å². The van der Waals surface area contributed by atoms with Crippen LogP contribution in [-0.2, 0) is 14.3 Å². The Bertz CT molecular complexity index is 159. The first kappa shape index (κ1) is 9.26. The summed E-state index contributed by atoms with van der Waals surface area (Å²) in [6.07, 6.45) is 0. The Labute approximate surface area is 60.9 Å². The Hall–Kier alpha value is 0.260. The summed E-state index contributed by atoms with van der Waals surface area (Å²) in [5.41, 5.74) is 0. The van der Waals surface area contributed by atoms with Crippen molar-refractivity contribution in [2.75, 3.05) is 6.61 Å². The second kappa shape index (κ2) is 3.43. The molecule has 0 rings (SSSR count). The van der Waals surface area contributed by atoms with Gasteiger partial charge in [-0.3, -0.25) is 4.18 Å². The molecule has 0 aliphatic rings. The van der Waals surface area contributed by atoms with Crippen molar-refractivity contribution in [2.24, 2.45) is 0 Å². The summed E-state index contributed by atoms with van der Waals surface area (Å²) in [6.45, 7) is 3.25. The van der Waals surface area contributed by atoms with Crippen LogP contribution in [0.5, 0.6) is 0 Å². The third-order valence-corrected chi connectivity index (χ3v) is 2.87. The van der Waals surface area contributed by atoms with Crippen molar-refractivity contribution in [3.05, 3.63) is 0 Å². The van der Waals surface area contributed by atoms with E-state index in [4.69, 9.17) is 0 Å². The smallest absolute Gasteiger partial charge is 0.270 e. The monoisotopic (exact) mass is 170 g/mol. The molecule has 3 nitrogen and oxygen atoms in total. The van der Waals surface area contributed by atoms with E-state index in [1.807, 2.05) is 0 Å². The molecule has 0 aromatic rings. The minimum Gasteiger partial charge on any atom is -0.270 e. The van der Waals surface area contributed by atoms with Crippen molar-refractivity contribution in [1.29, 1.82) is 0 Å². The molecule has 0 saturated heterocycles. The second-order valence-corrected chi connectivity index (χ2v) is 4.55. The molecule has 0 saturated carbocycles. The minimum atomic E-state index is -3.38. The fraction of sp³-hybridized carbons (Fsp3) is 1.00. The van der Waals surface area contributed by atoms with Gasteiger partial charge in [-0.05, 0) is 13.8 Å². The normalized spacial score (nSPS) is 15.4. The van der Waals surface area contributed by atoms with E-state index in [-0.39, 0.29) is 6.61 Å². The van der Waals surface area contributed by atoms with Gasteiger partial charge in [0.2, 0.25) is 0 Å². The van der Waals surface area contributed by atoms with Crippen molar-refractivity contribution in [3.63, 3.8) is 0 Å². The summed E-state index contributed by atoms with van der Waals surface area (Å²) < 4.78 is 24.9. The molecule has 0 spiro atoms. The van der Waals surface area contributed by atoms with E-state index >= 15 is 0 Å². The molecule has 0 aliphatic heterocycles. The molecule has 56 valence electrons. The summed E-state index contributed by atoms with van der Waals surface area (Å²) in [4.78, 5) is 0. The van der Waals surface area contributed by atoms with Crippen LogP contribution in [0.1, 0.15) is 13.8 Å². The maximum absolute atomic E-state index is 10.6. The molecule has 0 aromatic heterocycles. The fourth-order valence-electron chi connectivity index (χ4n) is 0.263. The SMILES string of the molecule is CCOS(=O)(=O)C(C)S. The lowest BCUT2D eigenvalue weighted by atomic mass is 10.9. The third kappa shape index (κ3) is 3.07. The fourth-order valence-corrected chi connectivity index (χ4v) is 0.971. The lowest BCUT2D eigenvalue weighted by Gasteiger charge is -2.03. The minimum absolute atomic E-state index is 0.174. The zero-order chi connectivity index (χ0) is 7.49. The molecular formula is C4H10O3S2. The average Bonchev–Trinajstić information content (AvgIpc) is 1.65. The van der Waals surface area contributed by atoms with E-state index in [0.717, 1.165) is 0 Å². The van der Waals surface area contributed by atoms with E-state index in [1.165, 1.54) is 6.92 Å². The lowest BCUT2D eigenvalue weighted by Crippen LogP contribution is -2.14. The van der Waals surface area contributed by atoms with Gasteiger partial charge in [0.05, 0.1) is 6.61 Å². The molecule has 0 fully saturated rings. The van der Waals surface area contributed by atoms with Gasteiger partial charge >= 0.3 is 0 Å². The Morgan fingerprint density at radius 2 is 2.11 bits per heavy atom. The summed E-state index contributed by atoms with van der Waals surface area (Å²) in [7, 11) is -3.38. The number of rotatable bonds is 3. The Kier molecular flexibility index (Phi) is 3.53. The predicted molar refractivity (Wildman–Crippen MR) is 39.0 cm³/mol. The molecular weight excluding hydrogens is 160 g/mol. The predicted octanol–water partition coefficient (Wildman–Crippen LogP) is 0.629. The van der Waals surface area contributed by atoms with Crippen molar-refractivity contribution < 1.29 is 12.6 Å². The highest BCUT2D eigenvalue weighted by Gasteiger charge is 2.15. The first-order chi connectivity index (χ1) is 4.00. The zero-order valence-electron chi connectivity index (χ0n) is 5.36. The molecule has 0 heterocycles. The van der Waals surface area contributed by atoms with Crippen LogP contribution < -0.4 is 0 Å². The highest BCUT2D eigenvalue weighted by molar-refractivity contribution is 8.02. The zero-order valence-corrected chi connectivity index (χ0v) is 7.08. The van der Waals surface area contributed by atoms with Crippen LogP contribution in [0.25, 0.3) is 0 Å². The Morgan fingerprint density at radius 1 is 1.67 bits per heavy atom. The van der Waals surface area contributed by atoms with Gasteiger partial charge in [0.25, 0.3) is 10.1 Å². The largest absolute Gasteiger partial charge is 0.279 e. The second-order valence-electron chi connectivity index (χ2n) is 1.50. The molecule has 0 amide bonds. The van der Waals surface area contributed by atoms with Crippen LogP contribution in [0.3, 0.4) is 0 Å². The molecule has 9 heavy (non-hydrogen) atoms. The quantitative estimate of drug-likeness (QED) is 0.499. The van der Waals surface area contributed by atoms with Crippen LogP contribution in [0.2, 0.25) is 0 Å². The summed E-state index contributed by atoms with van der Waals surface area (Å²) in [5.74, 6) is 0. The lowest BCUT2D eigenvalue weighted by molar-refractivity contribution is 0.337. The van der Waals surface area contributed by atoms with Crippen LogP contribution in [0.15, 0.2) is 0 Å². The van der Waals surface area contributed by atoms with E-state index in [1.54, 1.807) is 6.92 Å². The van der Waals surface area contributed by atoms with E-state index in [0.29, 0.717) is 0 Å². The Morgan fingerprint density at radius 3 is 2.22 bits per heavy atom. The first-order valence-electron chi connectivity index (χ1n) is 2.57. The van der Waals surface area contributed by atoms with Crippen molar-refractivity contribution >= 4 is 22.7 Å². The maximum Gasteiger partial charge on any atom is 0.279 e. The topological polar surface area (TPSA) is 43.4 Å². The molecule has 0 aromatic carbocycles. The van der Waals surface area contributed by atoms with Gasteiger partial charge in [-0.15, -0.1) is 0 Å². The van der Waals surface area contributed by atoms with Gasteiger partial charge in [-0.2, -0.15) is 21.0 Å². The summed E-state index contributed by atoms with van der Waals surface area (Å²) in [6, 6.07) is 0. The molecule has 0 radical (unpaired) electrons. The van der Waals surface area contributed by atoms with Crippen molar-refractivity contribution in [2.45, 2.75) is 18.4 Å². The molecule has 1 unspecified atom stereocenters. The van der Waals surface area contributed by atoms with Crippen LogP contribution >= 0.6 is 12.6 Å². The molecule has 0 N–H and O–H groups in total. The molecule has 0 bridgehead atoms. The van der Waals surface area contributed by atoms with Gasteiger partial charge in [-0.25, -0.2) is 0 Å².